The second kappa shape index (κ2) is 3.85. The van der Waals surface area contributed by atoms with Crippen LogP contribution < -0.4 is 0 Å². The van der Waals surface area contributed by atoms with Gasteiger partial charge in [0.1, 0.15) is 0 Å². The predicted molar refractivity (Wildman–Crippen MR) is 47.9 cm³/mol. The molecule has 3 heteroatoms. The molecule has 0 aliphatic carbocycles. The summed E-state index contributed by atoms with van der Waals surface area (Å²) >= 11 is 0. The molecule has 2 aromatic rings. The van der Waals surface area contributed by atoms with Crippen LogP contribution in [0, 0.1) is 6.92 Å². The van der Waals surface area contributed by atoms with Crippen molar-refractivity contribution in [1.29, 1.82) is 0 Å². The molecule has 1 aromatic carbocycles. The number of aromatic amines is 1. The van der Waals surface area contributed by atoms with Gasteiger partial charge in [0.05, 0.1) is 18.9 Å². The number of alkyl halides is 1. The van der Waals surface area contributed by atoms with E-state index in [0.717, 1.165) is 5.52 Å². The van der Waals surface area contributed by atoms with Crippen molar-refractivity contribution >= 4 is 10.9 Å². The van der Waals surface area contributed by atoms with Crippen molar-refractivity contribution in [3.05, 3.63) is 30.0 Å². The Balaban J connectivity index is 0.000000336. The lowest BCUT2D eigenvalue weighted by molar-refractivity contribution is 0.636. The van der Waals surface area contributed by atoms with E-state index in [2.05, 4.69) is 35.3 Å². The van der Waals surface area contributed by atoms with Gasteiger partial charge >= 0.3 is 0 Å². The molecule has 0 radical (unpaired) electrons. The van der Waals surface area contributed by atoms with Gasteiger partial charge in [-0.3, -0.25) is 9.49 Å². The molecule has 0 atom stereocenters. The molecular weight excluding hydrogens is 155 g/mol. The van der Waals surface area contributed by atoms with Gasteiger partial charge in [-0.1, -0.05) is 12.1 Å². The van der Waals surface area contributed by atoms with Gasteiger partial charge in [-0.15, -0.1) is 0 Å². The Morgan fingerprint density at radius 2 is 2.08 bits per heavy atom. The molecule has 2 nitrogen and oxygen atoms in total. The van der Waals surface area contributed by atoms with Crippen LogP contribution in [0.25, 0.3) is 10.9 Å². The standard InChI is InChI=1S/C8H8N2.CH3F/c1-6-2-3-7-5-9-10-8(7)4-6;1-2/h2-5H,1H3,(H,9,10);1H3. The third kappa shape index (κ3) is 1.61. The fraction of sp³-hybridized carbons (Fsp3) is 0.222. The van der Waals surface area contributed by atoms with E-state index >= 15 is 0 Å². The molecule has 0 bridgehead atoms. The predicted octanol–water partition coefficient (Wildman–Crippen LogP) is 2.46. The highest BCUT2D eigenvalue weighted by atomic mass is 19.1. The number of fused-ring (bicyclic) bond motifs is 1. The lowest BCUT2D eigenvalue weighted by Crippen LogP contribution is -1.70. The summed E-state index contributed by atoms with van der Waals surface area (Å²) in [6.07, 6.45) is 1.83. The second-order valence-electron chi connectivity index (χ2n) is 2.46. The summed E-state index contributed by atoms with van der Waals surface area (Å²) in [7, 11) is 0.500. The molecule has 0 amide bonds. The largest absolute Gasteiger partial charge is 0.278 e. The summed E-state index contributed by atoms with van der Waals surface area (Å²) in [5.74, 6) is 0. The molecule has 64 valence electrons. The molecular formula is C9H11FN2. The monoisotopic (exact) mass is 166 g/mol. The first-order chi connectivity index (χ1) is 5.86. The van der Waals surface area contributed by atoms with E-state index in [1.807, 2.05) is 6.20 Å². The third-order valence-electron chi connectivity index (χ3n) is 1.60. The zero-order chi connectivity index (χ0) is 8.97. The van der Waals surface area contributed by atoms with E-state index in [4.69, 9.17) is 0 Å². The minimum atomic E-state index is 0.500. The summed E-state index contributed by atoms with van der Waals surface area (Å²) in [6.45, 7) is 2.07. The lowest BCUT2D eigenvalue weighted by Gasteiger charge is -1.89. The Bertz CT molecular complexity index is 354. The van der Waals surface area contributed by atoms with Gasteiger partial charge in [-0.2, -0.15) is 5.10 Å². The quantitative estimate of drug-likeness (QED) is 0.639. The van der Waals surface area contributed by atoms with E-state index in [9.17, 15) is 4.39 Å². The van der Waals surface area contributed by atoms with Gasteiger partial charge in [-0.25, -0.2) is 0 Å². The number of halogens is 1. The SMILES string of the molecule is CF.Cc1ccc2cn[nH]c2c1. The highest BCUT2D eigenvalue weighted by Gasteiger charge is 1.92. The Kier molecular flexibility index (Phi) is 2.80. The first-order valence-corrected chi connectivity index (χ1v) is 3.64. The molecule has 0 spiro atoms. The van der Waals surface area contributed by atoms with E-state index < -0.39 is 0 Å². The average Bonchev–Trinajstić information content (AvgIpc) is 2.54. The van der Waals surface area contributed by atoms with E-state index in [1.165, 1.54) is 10.9 Å². The third-order valence-corrected chi connectivity index (χ3v) is 1.60. The van der Waals surface area contributed by atoms with Gasteiger partial charge in [-0.05, 0) is 18.6 Å². The summed E-state index contributed by atoms with van der Waals surface area (Å²) < 4.78 is 9.50. The molecule has 1 N–H and O–H groups in total. The highest BCUT2D eigenvalue weighted by Crippen LogP contribution is 2.10. The van der Waals surface area contributed by atoms with Gasteiger partial charge < -0.3 is 0 Å². The van der Waals surface area contributed by atoms with Crippen molar-refractivity contribution < 1.29 is 4.39 Å². The molecule has 0 unspecified atom stereocenters. The van der Waals surface area contributed by atoms with Crippen LogP contribution in [0.4, 0.5) is 4.39 Å². The van der Waals surface area contributed by atoms with Crippen LogP contribution in [0.2, 0.25) is 0 Å². The van der Waals surface area contributed by atoms with Crippen LogP contribution in [-0.2, 0) is 0 Å². The van der Waals surface area contributed by atoms with Crippen LogP contribution in [0.15, 0.2) is 24.4 Å². The van der Waals surface area contributed by atoms with Crippen LogP contribution in [0.5, 0.6) is 0 Å². The van der Waals surface area contributed by atoms with E-state index in [1.54, 1.807) is 0 Å². The van der Waals surface area contributed by atoms with Gasteiger partial charge in [0.2, 0.25) is 0 Å². The normalized spacial score (nSPS) is 9.25. The molecule has 12 heavy (non-hydrogen) atoms. The minimum Gasteiger partial charge on any atom is -0.278 e. The zero-order valence-electron chi connectivity index (χ0n) is 7.13. The Hall–Kier alpha value is -1.38. The lowest BCUT2D eigenvalue weighted by atomic mass is 10.2. The van der Waals surface area contributed by atoms with Crippen LogP contribution in [0.1, 0.15) is 5.56 Å². The number of aryl methyl sites for hydroxylation is 1. The topological polar surface area (TPSA) is 28.7 Å². The average molecular weight is 166 g/mol. The zero-order valence-corrected chi connectivity index (χ0v) is 7.13. The van der Waals surface area contributed by atoms with Crippen molar-refractivity contribution in [2.75, 3.05) is 7.18 Å². The van der Waals surface area contributed by atoms with Crippen molar-refractivity contribution in [2.24, 2.45) is 0 Å². The fourth-order valence-electron chi connectivity index (χ4n) is 1.05. The Morgan fingerprint density at radius 1 is 1.33 bits per heavy atom. The summed E-state index contributed by atoms with van der Waals surface area (Å²) in [5.41, 5.74) is 2.37. The maximum absolute atomic E-state index is 9.50. The maximum Gasteiger partial charge on any atom is 0.0785 e. The van der Waals surface area contributed by atoms with E-state index in [-0.39, 0.29) is 0 Å². The number of nitrogens with one attached hydrogen (secondary N) is 1. The first kappa shape index (κ1) is 8.71. The number of aromatic nitrogens is 2. The van der Waals surface area contributed by atoms with Crippen LogP contribution in [0.3, 0.4) is 0 Å². The number of hydrogen-bond acceptors (Lipinski definition) is 1. The number of nitrogens with zero attached hydrogens (tertiary/aromatic N) is 1. The molecule has 0 saturated carbocycles. The van der Waals surface area contributed by atoms with Crippen molar-refractivity contribution in [1.82, 2.24) is 10.2 Å². The summed E-state index contributed by atoms with van der Waals surface area (Å²) in [4.78, 5) is 0. The minimum absolute atomic E-state index is 0.500. The van der Waals surface area contributed by atoms with Crippen molar-refractivity contribution in [2.45, 2.75) is 6.92 Å². The molecule has 0 aliphatic heterocycles. The molecule has 0 aliphatic rings. The van der Waals surface area contributed by atoms with E-state index in [0.29, 0.717) is 7.18 Å². The summed E-state index contributed by atoms with van der Waals surface area (Å²) in [5, 5.41) is 8.00. The molecule has 1 heterocycles. The van der Waals surface area contributed by atoms with Gasteiger partial charge in [0, 0.05) is 5.39 Å². The number of H-pyrrole nitrogens is 1. The number of benzene rings is 1. The second-order valence-corrected chi connectivity index (χ2v) is 2.46. The molecule has 1 aromatic heterocycles. The Morgan fingerprint density at radius 3 is 2.83 bits per heavy atom. The Labute approximate surface area is 70.4 Å². The summed E-state index contributed by atoms with van der Waals surface area (Å²) in [6, 6.07) is 6.23. The van der Waals surface area contributed by atoms with Crippen molar-refractivity contribution in [3.8, 4) is 0 Å². The first-order valence-electron chi connectivity index (χ1n) is 3.64. The number of hydrogen-bond donors (Lipinski definition) is 1. The van der Waals surface area contributed by atoms with Gasteiger partial charge in [0.25, 0.3) is 0 Å². The smallest absolute Gasteiger partial charge is 0.0785 e. The maximum atomic E-state index is 9.50. The van der Waals surface area contributed by atoms with Gasteiger partial charge in [0.15, 0.2) is 0 Å². The number of rotatable bonds is 0. The fourth-order valence-corrected chi connectivity index (χ4v) is 1.05. The molecule has 0 saturated heterocycles. The van der Waals surface area contributed by atoms with Crippen LogP contribution in [-0.4, -0.2) is 17.4 Å². The highest BCUT2D eigenvalue weighted by molar-refractivity contribution is 5.78. The van der Waals surface area contributed by atoms with Crippen molar-refractivity contribution in [3.63, 3.8) is 0 Å². The van der Waals surface area contributed by atoms with Crippen LogP contribution >= 0.6 is 0 Å². The molecule has 0 fully saturated rings. The molecule has 2 rings (SSSR count).